The van der Waals surface area contributed by atoms with Gasteiger partial charge in [-0.05, 0) is 29.8 Å². The molecule has 0 aliphatic carbocycles. The van der Waals surface area contributed by atoms with Gasteiger partial charge in [-0.2, -0.15) is 18.3 Å². The molecule has 0 radical (unpaired) electrons. The van der Waals surface area contributed by atoms with Crippen molar-refractivity contribution in [3.05, 3.63) is 72.4 Å². The Bertz CT molecular complexity index is 1510. The average Bonchev–Trinajstić information content (AvgIpc) is 3.48. The summed E-state index contributed by atoms with van der Waals surface area (Å²) in [7, 11) is 0. The molecule has 176 valence electrons. The molecule has 0 atom stereocenters. The maximum atomic E-state index is 12.9. The second kappa shape index (κ2) is 8.68. The van der Waals surface area contributed by atoms with E-state index in [1.54, 1.807) is 40.5 Å². The van der Waals surface area contributed by atoms with Crippen LogP contribution in [0.4, 0.5) is 35.3 Å². The Morgan fingerprint density at radius 3 is 2.60 bits per heavy atom. The van der Waals surface area contributed by atoms with Crippen LogP contribution in [0, 0.1) is 0 Å². The number of pyridine rings is 1. The number of carbonyl (C=O) groups is 1. The molecule has 0 aliphatic heterocycles. The van der Waals surface area contributed by atoms with Gasteiger partial charge in [0, 0.05) is 35.4 Å². The van der Waals surface area contributed by atoms with E-state index in [4.69, 9.17) is 5.73 Å². The largest absolute Gasteiger partial charge is 0.416 e. The van der Waals surface area contributed by atoms with Crippen molar-refractivity contribution in [2.75, 3.05) is 16.4 Å². The Hall–Kier alpha value is -4.52. The number of urea groups is 1. The molecule has 0 saturated heterocycles. The number of thiazole rings is 1. The van der Waals surface area contributed by atoms with Crippen LogP contribution in [0.1, 0.15) is 5.56 Å². The van der Waals surface area contributed by atoms with Gasteiger partial charge in [-0.1, -0.05) is 12.1 Å². The molecule has 0 bridgehead atoms. The lowest BCUT2D eigenvalue weighted by atomic mass is 10.0. The number of halogens is 3. The summed E-state index contributed by atoms with van der Waals surface area (Å²) in [6, 6.07) is 7.74. The summed E-state index contributed by atoms with van der Waals surface area (Å²) in [5, 5.41) is 9.12. The molecule has 13 heteroatoms. The van der Waals surface area contributed by atoms with E-state index in [0.717, 1.165) is 39.9 Å². The van der Waals surface area contributed by atoms with Crippen LogP contribution in [0.3, 0.4) is 0 Å². The minimum Gasteiger partial charge on any atom is -0.382 e. The first-order chi connectivity index (χ1) is 16.8. The molecule has 0 aliphatic rings. The lowest BCUT2D eigenvalue weighted by Gasteiger charge is -2.11. The van der Waals surface area contributed by atoms with Gasteiger partial charge in [-0.25, -0.2) is 19.3 Å². The normalized spacial score (nSPS) is 11.5. The second-order valence-electron chi connectivity index (χ2n) is 7.31. The number of fused-ring (bicyclic) bond motifs is 1. The Balaban J connectivity index is 1.40. The molecule has 4 aromatic heterocycles. The first kappa shape index (κ1) is 22.3. The summed E-state index contributed by atoms with van der Waals surface area (Å²) >= 11 is 1.47. The van der Waals surface area contributed by atoms with Crippen molar-refractivity contribution < 1.29 is 18.0 Å². The molecule has 0 unspecified atom stereocenters. The Kier molecular flexibility index (Phi) is 5.53. The summed E-state index contributed by atoms with van der Waals surface area (Å²) in [6.07, 6.45) is 1.40. The maximum absolute atomic E-state index is 12.9. The lowest BCUT2D eigenvalue weighted by Crippen LogP contribution is -2.20. The number of anilines is 3. The van der Waals surface area contributed by atoms with Gasteiger partial charge in [0.2, 0.25) is 0 Å². The SMILES string of the molecule is Nc1ncnn2cc(-c3cncs3)c(-c3ccc(NC(=O)Nc4cc(C(F)(F)F)ccn4)cc3)c12. The number of benzene rings is 1. The van der Waals surface area contributed by atoms with Gasteiger partial charge in [0.25, 0.3) is 0 Å². The molecule has 5 aromatic rings. The van der Waals surface area contributed by atoms with Crippen molar-refractivity contribution >= 4 is 40.2 Å². The van der Waals surface area contributed by atoms with Crippen LogP contribution in [0.25, 0.3) is 27.1 Å². The number of nitrogens with two attached hydrogens (primary N) is 1. The third-order valence-electron chi connectivity index (χ3n) is 5.06. The van der Waals surface area contributed by atoms with Crippen LogP contribution in [0.2, 0.25) is 0 Å². The molecule has 35 heavy (non-hydrogen) atoms. The average molecular weight is 496 g/mol. The predicted molar refractivity (Wildman–Crippen MR) is 126 cm³/mol. The summed E-state index contributed by atoms with van der Waals surface area (Å²) in [5.74, 6) is 0.0832. The van der Waals surface area contributed by atoms with Gasteiger partial charge in [0.15, 0.2) is 5.82 Å². The monoisotopic (exact) mass is 496 g/mol. The molecule has 0 fully saturated rings. The van der Waals surface area contributed by atoms with Crippen LogP contribution in [0.5, 0.6) is 0 Å². The standard InChI is InChI=1S/C22H15F3N8OS/c23-22(24,25)13-5-6-28-17(7-13)32-21(34)31-14-3-1-12(2-4-14)18-15(16-8-27-11-35-16)9-33-19(18)20(26)29-10-30-33/h1-11H,(H2,26,29,30)(H2,28,31,32,34). The number of hydrogen-bond donors (Lipinski definition) is 3. The van der Waals surface area contributed by atoms with E-state index in [0.29, 0.717) is 17.0 Å². The Morgan fingerprint density at radius 1 is 1.09 bits per heavy atom. The highest BCUT2D eigenvalue weighted by Gasteiger charge is 2.30. The summed E-state index contributed by atoms with van der Waals surface area (Å²) in [6.45, 7) is 0. The number of hydrogen-bond acceptors (Lipinski definition) is 7. The number of amides is 2. The van der Waals surface area contributed by atoms with E-state index in [9.17, 15) is 18.0 Å². The number of alkyl halides is 3. The molecule has 4 heterocycles. The van der Waals surface area contributed by atoms with Gasteiger partial charge >= 0.3 is 12.2 Å². The van der Waals surface area contributed by atoms with Crippen molar-refractivity contribution in [2.45, 2.75) is 6.18 Å². The van der Waals surface area contributed by atoms with E-state index in [2.05, 4.69) is 30.7 Å². The summed E-state index contributed by atoms with van der Waals surface area (Å²) < 4.78 is 40.3. The molecule has 5 rings (SSSR count). The van der Waals surface area contributed by atoms with E-state index in [1.807, 2.05) is 6.20 Å². The minimum absolute atomic E-state index is 0.223. The number of aromatic nitrogens is 5. The fourth-order valence-corrected chi connectivity index (χ4v) is 4.18. The van der Waals surface area contributed by atoms with Crippen molar-refractivity contribution in [3.63, 3.8) is 0 Å². The van der Waals surface area contributed by atoms with Crippen molar-refractivity contribution in [3.8, 4) is 21.6 Å². The van der Waals surface area contributed by atoms with Crippen LogP contribution in [-0.4, -0.2) is 30.6 Å². The van der Waals surface area contributed by atoms with E-state index < -0.39 is 17.8 Å². The Morgan fingerprint density at radius 2 is 1.89 bits per heavy atom. The molecule has 9 nitrogen and oxygen atoms in total. The molecule has 0 saturated carbocycles. The van der Waals surface area contributed by atoms with E-state index in [1.165, 1.54) is 17.7 Å². The van der Waals surface area contributed by atoms with Gasteiger partial charge in [-0.3, -0.25) is 10.3 Å². The van der Waals surface area contributed by atoms with Gasteiger partial charge < -0.3 is 11.1 Å². The highest BCUT2D eigenvalue weighted by atomic mass is 32.1. The van der Waals surface area contributed by atoms with Crippen LogP contribution >= 0.6 is 11.3 Å². The predicted octanol–water partition coefficient (Wildman–Crippen LogP) is 5.16. The quantitative estimate of drug-likeness (QED) is 0.316. The topological polar surface area (TPSA) is 123 Å². The lowest BCUT2D eigenvalue weighted by molar-refractivity contribution is -0.137. The summed E-state index contributed by atoms with van der Waals surface area (Å²) in [4.78, 5) is 25.2. The highest BCUT2D eigenvalue weighted by Crippen LogP contribution is 2.40. The fraction of sp³-hybridized carbons (Fsp3) is 0.0455. The first-order valence-electron chi connectivity index (χ1n) is 10.0. The zero-order valence-electron chi connectivity index (χ0n) is 17.6. The van der Waals surface area contributed by atoms with Crippen LogP contribution in [-0.2, 0) is 6.18 Å². The number of rotatable bonds is 4. The number of nitrogen functional groups attached to an aromatic ring is 1. The Labute approximate surface area is 199 Å². The van der Waals surface area contributed by atoms with E-state index >= 15 is 0 Å². The number of nitrogens with one attached hydrogen (secondary N) is 2. The molecule has 1 aromatic carbocycles. The molecular weight excluding hydrogens is 481 g/mol. The highest BCUT2D eigenvalue weighted by molar-refractivity contribution is 7.13. The fourth-order valence-electron chi connectivity index (χ4n) is 3.54. The number of carbonyl (C=O) groups excluding carboxylic acids is 1. The van der Waals surface area contributed by atoms with Crippen LogP contribution < -0.4 is 16.4 Å². The maximum Gasteiger partial charge on any atom is 0.416 e. The number of nitrogens with zero attached hydrogens (tertiary/aromatic N) is 5. The third kappa shape index (κ3) is 4.48. The van der Waals surface area contributed by atoms with Gasteiger partial charge in [0.1, 0.15) is 17.7 Å². The van der Waals surface area contributed by atoms with E-state index in [-0.39, 0.29) is 5.82 Å². The zero-order chi connectivity index (χ0) is 24.6. The molecule has 4 N–H and O–H groups in total. The van der Waals surface area contributed by atoms with Crippen molar-refractivity contribution in [1.29, 1.82) is 0 Å². The third-order valence-corrected chi connectivity index (χ3v) is 5.87. The van der Waals surface area contributed by atoms with Crippen molar-refractivity contribution in [2.24, 2.45) is 0 Å². The van der Waals surface area contributed by atoms with Gasteiger partial charge in [-0.15, -0.1) is 11.3 Å². The molecular formula is C22H15F3N8OS. The van der Waals surface area contributed by atoms with Crippen molar-refractivity contribution in [1.82, 2.24) is 24.6 Å². The first-order valence-corrected chi connectivity index (χ1v) is 10.9. The zero-order valence-corrected chi connectivity index (χ0v) is 18.4. The molecule has 2 amide bonds. The second-order valence-corrected chi connectivity index (χ2v) is 8.19. The summed E-state index contributed by atoms with van der Waals surface area (Å²) in [5.41, 5.74) is 10.5. The van der Waals surface area contributed by atoms with Crippen LogP contribution in [0.15, 0.2) is 66.8 Å². The minimum atomic E-state index is -4.54. The van der Waals surface area contributed by atoms with Gasteiger partial charge in [0.05, 0.1) is 16.0 Å². The molecule has 0 spiro atoms. The smallest absolute Gasteiger partial charge is 0.382 e.